The van der Waals surface area contributed by atoms with E-state index in [9.17, 15) is 17.1 Å². The van der Waals surface area contributed by atoms with E-state index in [0.717, 1.165) is 12.1 Å². The Balaban J connectivity index is 1.41. The Labute approximate surface area is 213 Å². The highest BCUT2D eigenvalue weighted by molar-refractivity contribution is 7.86. The number of nitrogens with one attached hydrogen (secondary N) is 2. The molecule has 0 saturated carbocycles. The number of urea groups is 1. The van der Waals surface area contributed by atoms with Crippen molar-refractivity contribution in [2.75, 3.05) is 23.4 Å². The minimum atomic E-state index is -4.78. The summed E-state index contributed by atoms with van der Waals surface area (Å²) in [6, 6.07) is 9.49. The van der Waals surface area contributed by atoms with E-state index in [1.54, 1.807) is 23.1 Å². The molecule has 0 bridgehead atoms. The molecule has 6 N–H and O–H groups in total. The number of amides is 2. The number of hydrogen-bond acceptors (Lipinski definition) is 9. The third kappa shape index (κ3) is 6.98. The van der Waals surface area contributed by atoms with Gasteiger partial charge in [0, 0.05) is 17.9 Å². The summed E-state index contributed by atoms with van der Waals surface area (Å²) in [6.07, 6.45) is 1.28. The molecular weight excluding hydrogens is 513 g/mol. The summed E-state index contributed by atoms with van der Waals surface area (Å²) in [7, 11) is -4.78. The molecule has 0 atom stereocenters. The van der Waals surface area contributed by atoms with Crippen molar-refractivity contribution in [3.05, 3.63) is 47.5 Å². The van der Waals surface area contributed by atoms with Crippen molar-refractivity contribution >= 4 is 51.1 Å². The van der Waals surface area contributed by atoms with Crippen molar-refractivity contribution in [1.29, 1.82) is 0 Å². The monoisotopic (exact) mass is 539 g/mol. The Morgan fingerprint density at radius 2 is 1.86 bits per heavy atom. The van der Waals surface area contributed by atoms with E-state index in [1.807, 2.05) is 13.8 Å². The summed E-state index contributed by atoms with van der Waals surface area (Å²) in [5.41, 5.74) is 12.0. The van der Waals surface area contributed by atoms with E-state index < -0.39 is 26.8 Å². The number of nitrogens with zero attached hydrogens (tertiary/aromatic N) is 3. The quantitative estimate of drug-likeness (QED) is 0.280. The van der Waals surface area contributed by atoms with Crippen LogP contribution in [-0.4, -0.2) is 45.2 Å². The molecule has 0 spiro atoms. The van der Waals surface area contributed by atoms with Gasteiger partial charge in [-0.25, -0.2) is 9.79 Å². The van der Waals surface area contributed by atoms with Crippen molar-refractivity contribution in [2.45, 2.75) is 37.2 Å². The molecule has 14 heteroatoms. The molecule has 0 radical (unpaired) electrons. The predicted octanol–water partition coefficient (Wildman–Crippen LogP) is 3.16. The number of unbranched alkanes of at least 4 members (excludes halogenated alkanes) is 1. The van der Waals surface area contributed by atoms with E-state index in [4.69, 9.17) is 27.8 Å². The van der Waals surface area contributed by atoms with Gasteiger partial charge in [-0.1, -0.05) is 11.6 Å². The molecule has 1 heterocycles. The lowest BCUT2D eigenvalue weighted by atomic mass is 10.1. The van der Waals surface area contributed by atoms with E-state index in [-0.39, 0.29) is 11.9 Å². The van der Waals surface area contributed by atoms with Crippen molar-refractivity contribution in [2.24, 2.45) is 21.5 Å². The van der Waals surface area contributed by atoms with Gasteiger partial charge in [0.1, 0.15) is 11.4 Å². The van der Waals surface area contributed by atoms with Crippen molar-refractivity contribution in [3.8, 4) is 5.75 Å². The normalized spacial score (nSPS) is 15.1. The van der Waals surface area contributed by atoms with Crippen LogP contribution in [0.2, 0.25) is 5.02 Å². The highest BCUT2D eigenvalue weighted by Gasteiger charge is 2.33. The highest BCUT2D eigenvalue weighted by Crippen LogP contribution is 2.33. The Morgan fingerprint density at radius 1 is 1.17 bits per heavy atom. The summed E-state index contributed by atoms with van der Waals surface area (Å²) in [6.45, 7) is 4.46. The molecule has 0 fully saturated rings. The molecule has 2 amide bonds. The number of carbonyl (C=O) groups excluding carboxylic acids is 1. The molecule has 0 saturated heterocycles. The molecule has 1 aliphatic heterocycles. The first-order chi connectivity index (χ1) is 16.9. The van der Waals surface area contributed by atoms with Gasteiger partial charge in [-0.15, -0.1) is 3.89 Å². The largest absolute Gasteiger partial charge is 0.492 e. The van der Waals surface area contributed by atoms with Gasteiger partial charge in [0.05, 0.1) is 16.5 Å². The topological polar surface area (TPSA) is 164 Å². The average molecular weight is 540 g/mol. The number of carbonyl (C=O) groups is 1. The van der Waals surface area contributed by atoms with E-state index in [1.165, 1.54) is 12.1 Å². The maximum absolute atomic E-state index is 12.9. The van der Waals surface area contributed by atoms with Crippen LogP contribution < -0.4 is 31.7 Å². The van der Waals surface area contributed by atoms with Crippen LogP contribution in [-0.2, 0) is 10.2 Å². The number of ether oxygens (including phenoxy) is 1. The van der Waals surface area contributed by atoms with Crippen LogP contribution in [0, 0.1) is 0 Å². The van der Waals surface area contributed by atoms with Gasteiger partial charge in [-0.3, -0.25) is 4.90 Å². The Bertz CT molecular complexity index is 1280. The molecule has 2 aromatic carbocycles. The number of halogens is 2. The summed E-state index contributed by atoms with van der Waals surface area (Å²) < 4.78 is 40.3. The molecule has 3 rings (SSSR count). The first kappa shape index (κ1) is 27.0. The maximum Gasteiger partial charge on any atom is 0.332 e. The Kier molecular flexibility index (Phi) is 8.25. The van der Waals surface area contributed by atoms with Crippen molar-refractivity contribution < 1.29 is 21.8 Å². The maximum atomic E-state index is 12.9. The first-order valence-corrected chi connectivity index (χ1v) is 12.6. The number of nitrogens with two attached hydrogens (primary N) is 2. The summed E-state index contributed by atoms with van der Waals surface area (Å²) in [4.78, 5) is 21.5. The van der Waals surface area contributed by atoms with E-state index >= 15 is 0 Å². The number of aliphatic imine (C=N–C) groups is 2. The lowest BCUT2D eigenvalue weighted by molar-refractivity contribution is 0.251. The van der Waals surface area contributed by atoms with Gasteiger partial charge in [0.2, 0.25) is 11.9 Å². The van der Waals surface area contributed by atoms with Crippen molar-refractivity contribution in [1.82, 2.24) is 5.32 Å². The van der Waals surface area contributed by atoms with Crippen molar-refractivity contribution in [3.63, 3.8) is 0 Å². The second-order valence-corrected chi connectivity index (χ2v) is 10.0. The van der Waals surface area contributed by atoms with Crippen LogP contribution in [0.25, 0.3) is 0 Å². The zero-order valence-corrected chi connectivity index (χ0v) is 21.2. The fourth-order valence-corrected chi connectivity index (χ4v) is 4.17. The summed E-state index contributed by atoms with van der Waals surface area (Å²) >= 11 is 6.40. The van der Waals surface area contributed by atoms with Crippen LogP contribution in [0.15, 0.2) is 57.3 Å². The van der Waals surface area contributed by atoms with Gasteiger partial charge in [-0.05, 0) is 69.2 Å². The van der Waals surface area contributed by atoms with Crippen LogP contribution in [0.4, 0.5) is 20.1 Å². The molecule has 194 valence electrons. The number of anilines is 2. The molecular formula is C22H27ClFN7O4S. The fraction of sp³-hybridized carbons (Fsp3) is 0.318. The highest BCUT2D eigenvalue weighted by atomic mass is 35.5. The molecule has 0 aromatic heterocycles. The first-order valence-electron chi connectivity index (χ1n) is 10.9. The third-order valence-electron chi connectivity index (χ3n) is 5.08. The van der Waals surface area contributed by atoms with E-state index in [2.05, 4.69) is 20.6 Å². The second kappa shape index (κ2) is 11.0. The zero-order chi connectivity index (χ0) is 26.5. The smallest absolute Gasteiger partial charge is 0.332 e. The molecule has 36 heavy (non-hydrogen) atoms. The summed E-state index contributed by atoms with van der Waals surface area (Å²) in [5.74, 6) is 0.813. The van der Waals surface area contributed by atoms with Crippen LogP contribution >= 0.6 is 11.6 Å². The predicted molar refractivity (Wildman–Crippen MR) is 138 cm³/mol. The van der Waals surface area contributed by atoms with Crippen LogP contribution in [0.3, 0.4) is 0 Å². The Morgan fingerprint density at radius 3 is 2.47 bits per heavy atom. The third-order valence-corrected chi connectivity index (χ3v) is 6.21. The van der Waals surface area contributed by atoms with Gasteiger partial charge in [0.25, 0.3) is 0 Å². The SMILES string of the molecule is CC1(C)N=C(N)N=C(N)N1c1ccc(OCCCCNC(=O)Nc2ccc(S(=O)(=O)F)cc2)c(Cl)c1. The standard InChI is InChI=1S/C22H27ClFN7O4S/c1-22(2)30-19(25)29-20(26)31(22)15-7-10-18(17(23)13-15)35-12-4-3-11-27-21(32)28-14-5-8-16(9-6-14)36(24,33)34/h5-10,13H,3-4,11-12H2,1-2H3,(H2,27,28,32)(H4,25,26,29,30). The minimum absolute atomic E-state index is 0.108. The van der Waals surface area contributed by atoms with E-state index in [0.29, 0.717) is 48.1 Å². The number of hydrogen-bond donors (Lipinski definition) is 4. The second-order valence-electron chi connectivity index (χ2n) is 8.28. The Hall–Kier alpha value is -3.58. The zero-order valence-electron chi connectivity index (χ0n) is 19.7. The van der Waals surface area contributed by atoms with Crippen LogP contribution in [0.1, 0.15) is 26.7 Å². The molecule has 0 unspecified atom stereocenters. The molecule has 1 aliphatic rings. The van der Waals surface area contributed by atoms with Crippen LogP contribution in [0.5, 0.6) is 5.75 Å². The molecule has 0 aliphatic carbocycles. The average Bonchev–Trinajstić information content (AvgIpc) is 2.75. The lowest BCUT2D eigenvalue weighted by Crippen LogP contribution is -2.54. The number of rotatable bonds is 9. The van der Waals surface area contributed by atoms with Gasteiger partial charge in [0.15, 0.2) is 0 Å². The minimum Gasteiger partial charge on any atom is -0.492 e. The van der Waals surface area contributed by atoms with Gasteiger partial charge < -0.3 is 26.8 Å². The van der Waals surface area contributed by atoms with Gasteiger partial charge >= 0.3 is 16.3 Å². The number of guanidine groups is 2. The molecule has 2 aromatic rings. The number of benzene rings is 2. The molecule has 11 nitrogen and oxygen atoms in total. The fourth-order valence-electron chi connectivity index (χ4n) is 3.48. The summed E-state index contributed by atoms with van der Waals surface area (Å²) in [5, 5.41) is 5.60. The van der Waals surface area contributed by atoms with Gasteiger partial charge in [-0.2, -0.15) is 13.4 Å². The lowest BCUT2D eigenvalue weighted by Gasteiger charge is -2.38.